The third-order valence-corrected chi connectivity index (χ3v) is 9.88. The monoisotopic (exact) mass is 628 g/mol. The van der Waals surface area contributed by atoms with E-state index in [4.69, 9.17) is 27.9 Å². The number of ether oxygens (including phenoxy) is 1. The van der Waals surface area contributed by atoms with Crippen LogP contribution >= 0.6 is 23.2 Å². The van der Waals surface area contributed by atoms with Crippen LogP contribution in [0, 0.1) is 5.92 Å². The van der Waals surface area contributed by atoms with E-state index in [0.717, 1.165) is 74.9 Å². The van der Waals surface area contributed by atoms with Gasteiger partial charge in [0.2, 0.25) is 0 Å². The number of amides is 1. The van der Waals surface area contributed by atoms with Crippen LogP contribution in [0.3, 0.4) is 0 Å². The van der Waals surface area contributed by atoms with Gasteiger partial charge < -0.3 is 20.3 Å². The van der Waals surface area contributed by atoms with Crippen molar-refractivity contribution in [1.29, 1.82) is 0 Å². The molecule has 0 radical (unpaired) electrons. The lowest BCUT2D eigenvalue weighted by molar-refractivity contribution is 0.0215. The minimum Gasteiger partial charge on any atom is -0.444 e. The fourth-order valence-corrected chi connectivity index (χ4v) is 7.82. The highest BCUT2D eigenvalue weighted by Crippen LogP contribution is 2.34. The Balaban J connectivity index is 1.26. The van der Waals surface area contributed by atoms with Gasteiger partial charge in [0.05, 0.1) is 0 Å². The first-order valence-corrected chi connectivity index (χ1v) is 17.1. The second-order valence-corrected chi connectivity index (χ2v) is 14.7. The van der Waals surface area contributed by atoms with Gasteiger partial charge in [-0.25, -0.2) is 4.79 Å². The molecule has 0 aromatic heterocycles. The fourth-order valence-electron chi connectivity index (χ4n) is 7.39. The molecular formula is C35H50Cl2N4O2. The van der Waals surface area contributed by atoms with Crippen LogP contribution in [0.5, 0.6) is 0 Å². The lowest BCUT2D eigenvalue weighted by atomic mass is 9.89. The average Bonchev–Trinajstić information content (AvgIpc) is 3.55. The smallest absolute Gasteiger partial charge is 0.410 e. The first kappa shape index (κ1) is 32.6. The summed E-state index contributed by atoms with van der Waals surface area (Å²) in [4.78, 5) is 17.7. The molecule has 2 aromatic rings. The Hall–Kier alpha value is -1.83. The zero-order valence-corrected chi connectivity index (χ0v) is 27.7. The van der Waals surface area contributed by atoms with Crippen LogP contribution in [-0.4, -0.2) is 65.3 Å². The SMILES string of the molecule is CC(C)(C)OC(=O)N1CCC[C@@H]1CCC(CNCc1cccc(Cl)c1)C1CC2C(CCCCN2Cc2cccc(Cl)c2)N1. The van der Waals surface area contributed by atoms with Crippen molar-refractivity contribution >= 4 is 29.3 Å². The number of halogens is 2. The van der Waals surface area contributed by atoms with Crippen LogP contribution in [0.2, 0.25) is 10.0 Å². The van der Waals surface area contributed by atoms with Gasteiger partial charge in [0, 0.05) is 53.8 Å². The summed E-state index contributed by atoms with van der Waals surface area (Å²) < 4.78 is 5.76. The number of benzene rings is 2. The van der Waals surface area contributed by atoms with Crippen molar-refractivity contribution < 1.29 is 9.53 Å². The van der Waals surface area contributed by atoms with Crippen LogP contribution in [0.15, 0.2) is 48.5 Å². The van der Waals surface area contributed by atoms with Crippen molar-refractivity contribution in [2.24, 2.45) is 5.92 Å². The van der Waals surface area contributed by atoms with Gasteiger partial charge in [-0.15, -0.1) is 0 Å². The van der Waals surface area contributed by atoms with Gasteiger partial charge in [-0.2, -0.15) is 0 Å². The Bertz CT molecular complexity index is 1200. The maximum Gasteiger partial charge on any atom is 0.410 e. The van der Waals surface area contributed by atoms with E-state index in [0.29, 0.717) is 24.0 Å². The highest BCUT2D eigenvalue weighted by Gasteiger charge is 2.41. The third kappa shape index (κ3) is 9.34. The standard InChI is InChI=1S/C35H50Cl2N4O2/c1-35(2,3)43-34(42)41-18-8-13-30(41)16-15-27(23-38-22-25-9-6-11-28(36)19-25)32-21-33-31(39-32)14-4-5-17-40(33)24-26-10-7-12-29(37)20-26/h6-7,9-12,19-20,27,30-33,38-39H,4-5,8,13-18,21-24H2,1-3H3/t27?,30-,31?,32?,33?/m1/s1. The molecule has 3 aliphatic rings. The molecule has 2 N–H and O–H groups in total. The molecule has 43 heavy (non-hydrogen) atoms. The van der Waals surface area contributed by atoms with Gasteiger partial charge in [-0.3, -0.25) is 4.90 Å². The molecule has 3 saturated heterocycles. The zero-order chi connectivity index (χ0) is 30.4. The Morgan fingerprint density at radius 3 is 2.51 bits per heavy atom. The Kier molecular flexibility index (Phi) is 11.3. The number of hydrogen-bond donors (Lipinski definition) is 2. The number of nitrogens with one attached hydrogen (secondary N) is 2. The van der Waals surface area contributed by atoms with Crippen LogP contribution in [0.1, 0.15) is 83.3 Å². The normalized spacial score (nSPS) is 25.4. The summed E-state index contributed by atoms with van der Waals surface area (Å²) >= 11 is 12.6. The summed E-state index contributed by atoms with van der Waals surface area (Å²) in [6.45, 7) is 10.4. The highest BCUT2D eigenvalue weighted by molar-refractivity contribution is 6.30. The number of likely N-dealkylation sites (tertiary alicyclic amines) is 2. The lowest BCUT2D eigenvalue weighted by Crippen LogP contribution is -2.43. The quantitative estimate of drug-likeness (QED) is 0.283. The lowest BCUT2D eigenvalue weighted by Gasteiger charge is -2.31. The van der Waals surface area contributed by atoms with Crippen LogP contribution in [-0.2, 0) is 17.8 Å². The van der Waals surface area contributed by atoms with Crippen LogP contribution in [0.25, 0.3) is 0 Å². The second-order valence-electron chi connectivity index (χ2n) is 13.8. The molecule has 236 valence electrons. The molecule has 0 saturated carbocycles. The van der Waals surface area contributed by atoms with Crippen molar-refractivity contribution in [1.82, 2.24) is 20.4 Å². The number of nitrogens with zero attached hydrogens (tertiary/aromatic N) is 2. The van der Waals surface area contributed by atoms with Gasteiger partial charge in [-0.1, -0.05) is 53.9 Å². The molecule has 0 spiro atoms. The molecule has 3 heterocycles. The maximum atomic E-state index is 13.0. The number of fused-ring (bicyclic) bond motifs is 1. The number of carbonyl (C=O) groups is 1. The largest absolute Gasteiger partial charge is 0.444 e. The van der Waals surface area contributed by atoms with Gasteiger partial charge in [-0.05, 0) is 120 Å². The molecule has 2 aromatic carbocycles. The average molecular weight is 630 g/mol. The van der Waals surface area contributed by atoms with Gasteiger partial charge in [0.15, 0.2) is 0 Å². The summed E-state index contributed by atoms with van der Waals surface area (Å²) in [6, 6.07) is 18.1. The van der Waals surface area contributed by atoms with E-state index in [1.54, 1.807) is 0 Å². The number of rotatable bonds is 10. The summed E-state index contributed by atoms with van der Waals surface area (Å²) in [6.07, 6.45) is 8.89. The minimum atomic E-state index is -0.475. The van der Waals surface area contributed by atoms with Crippen LogP contribution < -0.4 is 10.6 Å². The van der Waals surface area contributed by atoms with Crippen molar-refractivity contribution in [2.75, 3.05) is 19.6 Å². The van der Waals surface area contributed by atoms with Gasteiger partial charge >= 0.3 is 6.09 Å². The molecule has 1 amide bonds. The molecular weight excluding hydrogens is 579 g/mol. The van der Waals surface area contributed by atoms with E-state index >= 15 is 0 Å². The molecule has 3 aliphatic heterocycles. The molecule has 4 unspecified atom stereocenters. The van der Waals surface area contributed by atoms with Crippen molar-refractivity contribution in [2.45, 2.75) is 115 Å². The van der Waals surface area contributed by atoms with E-state index in [1.165, 1.54) is 30.4 Å². The van der Waals surface area contributed by atoms with E-state index in [2.05, 4.69) is 39.8 Å². The van der Waals surface area contributed by atoms with E-state index in [1.807, 2.05) is 49.9 Å². The molecule has 0 bridgehead atoms. The Labute approximate surface area is 268 Å². The maximum absolute atomic E-state index is 13.0. The van der Waals surface area contributed by atoms with E-state index in [9.17, 15) is 4.79 Å². The third-order valence-electron chi connectivity index (χ3n) is 9.41. The van der Waals surface area contributed by atoms with Crippen molar-refractivity contribution in [3.8, 4) is 0 Å². The minimum absolute atomic E-state index is 0.163. The Morgan fingerprint density at radius 1 is 1.02 bits per heavy atom. The molecule has 5 atom stereocenters. The molecule has 3 fully saturated rings. The molecule has 5 rings (SSSR count). The first-order chi connectivity index (χ1) is 20.6. The summed E-state index contributed by atoms with van der Waals surface area (Å²) in [7, 11) is 0. The van der Waals surface area contributed by atoms with Crippen LogP contribution in [0.4, 0.5) is 4.79 Å². The first-order valence-electron chi connectivity index (χ1n) is 16.3. The van der Waals surface area contributed by atoms with E-state index < -0.39 is 5.60 Å². The predicted molar refractivity (Wildman–Crippen MR) is 177 cm³/mol. The van der Waals surface area contributed by atoms with Gasteiger partial charge in [0.25, 0.3) is 0 Å². The predicted octanol–water partition coefficient (Wildman–Crippen LogP) is 7.66. The molecule has 0 aliphatic carbocycles. The highest BCUT2D eigenvalue weighted by atomic mass is 35.5. The van der Waals surface area contributed by atoms with Gasteiger partial charge in [0.1, 0.15) is 5.60 Å². The number of hydrogen-bond acceptors (Lipinski definition) is 5. The zero-order valence-electron chi connectivity index (χ0n) is 26.2. The summed E-state index contributed by atoms with van der Waals surface area (Å²) in [5, 5.41) is 9.47. The fraction of sp³-hybridized carbons (Fsp3) is 0.629. The molecule has 6 nitrogen and oxygen atoms in total. The summed E-state index contributed by atoms with van der Waals surface area (Å²) in [5.41, 5.74) is 2.02. The van der Waals surface area contributed by atoms with Crippen molar-refractivity contribution in [3.63, 3.8) is 0 Å². The number of carbonyl (C=O) groups excluding carboxylic acids is 1. The summed E-state index contributed by atoms with van der Waals surface area (Å²) in [5.74, 6) is 0.459. The Morgan fingerprint density at radius 2 is 1.77 bits per heavy atom. The second kappa shape index (κ2) is 15.0. The van der Waals surface area contributed by atoms with Crippen molar-refractivity contribution in [3.05, 3.63) is 69.7 Å². The van der Waals surface area contributed by atoms with E-state index in [-0.39, 0.29) is 12.1 Å². The molecule has 8 heteroatoms. The topological polar surface area (TPSA) is 56.8 Å².